The largest absolute Gasteiger partial charge is 0.378 e. The summed E-state index contributed by atoms with van der Waals surface area (Å²) in [6.07, 6.45) is 11.3. The number of rotatable bonds is 7. The molecule has 1 N–H and O–H groups in total. The summed E-state index contributed by atoms with van der Waals surface area (Å²) in [5.41, 5.74) is 0. The van der Waals surface area contributed by atoms with Crippen molar-refractivity contribution >= 4 is 0 Å². The molecule has 2 heteroatoms. The first-order chi connectivity index (χ1) is 7.90. The second-order valence-electron chi connectivity index (χ2n) is 5.44. The highest BCUT2D eigenvalue weighted by Crippen LogP contribution is 2.29. The molecular formula is C14H27NO. The van der Waals surface area contributed by atoms with Crippen LogP contribution < -0.4 is 5.32 Å². The summed E-state index contributed by atoms with van der Waals surface area (Å²) in [5.74, 6) is 0.838. The van der Waals surface area contributed by atoms with E-state index in [9.17, 15) is 0 Å². The van der Waals surface area contributed by atoms with E-state index in [1.165, 1.54) is 51.4 Å². The van der Waals surface area contributed by atoms with E-state index in [0.29, 0.717) is 6.10 Å². The number of hydrogen-bond donors (Lipinski definition) is 1. The monoisotopic (exact) mass is 225 g/mol. The molecule has 2 fully saturated rings. The molecule has 0 aliphatic heterocycles. The SMILES string of the molecule is CCC1CCCCC1OCCCNC1CC1. The van der Waals surface area contributed by atoms with Crippen LogP contribution in [-0.4, -0.2) is 25.3 Å². The molecule has 2 rings (SSSR count). The van der Waals surface area contributed by atoms with Crippen molar-refractivity contribution in [1.29, 1.82) is 0 Å². The van der Waals surface area contributed by atoms with Gasteiger partial charge in [-0.2, -0.15) is 0 Å². The minimum absolute atomic E-state index is 0.569. The summed E-state index contributed by atoms with van der Waals surface area (Å²) in [5, 5.41) is 3.54. The first-order valence-corrected chi connectivity index (χ1v) is 7.25. The van der Waals surface area contributed by atoms with Crippen molar-refractivity contribution in [2.45, 2.75) is 70.4 Å². The van der Waals surface area contributed by atoms with Gasteiger partial charge in [0.1, 0.15) is 0 Å². The van der Waals surface area contributed by atoms with Crippen LogP contribution in [0.1, 0.15) is 58.3 Å². The Morgan fingerprint density at radius 2 is 1.94 bits per heavy atom. The maximum atomic E-state index is 6.05. The van der Waals surface area contributed by atoms with Crippen LogP contribution in [0.5, 0.6) is 0 Å². The van der Waals surface area contributed by atoms with E-state index in [1.54, 1.807) is 0 Å². The molecular weight excluding hydrogens is 198 g/mol. The maximum Gasteiger partial charge on any atom is 0.0603 e. The van der Waals surface area contributed by atoms with E-state index in [2.05, 4.69) is 12.2 Å². The van der Waals surface area contributed by atoms with Crippen molar-refractivity contribution in [3.05, 3.63) is 0 Å². The molecule has 2 atom stereocenters. The molecule has 0 amide bonds. The highest BCUT2D eigenvalue weighted by Gasteiger charge is 2.24. The van der Waals surface area contributed by atoms with E-state index in [4.69, 9.17) is 4.74 Å². The van der Waals surface area contributed by atoms with Gasteiger partial charge in [0, 0.05) is 12.6 Å². The van der Waals surface area contributed by atoms with Crippen LogP contribution in [0.15, 0.2) is 0 Å². The Morgan fingerprint density at radius 1 is 1.12 bits per heavy atom. The number of hydrogen-bond acceptors (Lipinski definition) is 2. The van der Waals surface area contributed by atoms with Gasteiger partial charge in [0.05, 0.1) is 6.10 Å². The van der Waals surface area contributed by atoms with Crippen molar-refractivity contribution in [2.24, 2.45) is 5.92 Å². The highest BCUT2D eigenvalue weighted by atomic mass is 16.5. The van der Waals surface area contributed by atoms with E-state index in [0.717, 1.165) is 25.1 Å². The smallest absolute Gasteiger partial charge is 0.0603 e. The topological polar surface area (TPSA) is 21.3 Å². The Hall–Kier alpha value is -0.0800. The maximum absolute atomic E-state index is 6.05. The summed E-state index contributed by atoms with van der Waals surface area (Å²) in [6.45, 7) is 4.41. The summed E-state index contributed by atoms with van der Waals surface area (Å²) >= 11 is 0. The summed E-state index contributed by atoms with van der Waals surface area (Å²) in [4.78, 5) is 0. The Morgan fingerprint density at radius 3 is 2.69 bits per heavy atom. The average Bonchev–Trinajstić information content (AvgIpc) is 3.13. The van der Waals surface area contributed by atoms with Gasteiger partial charge in [0.15, 0.2) is 0 Å². The summed E-state index contributed by atoms with van der Waals surface area (Å²) in [7, 11) is 0. The fraction of sp³-hybridized carbons (Fsp3) is 1.00. The standard InChI is InChI=1S/C14H27NO/c1-2-12-6-3-4-7-14(12)16-11-5-10-15-13-8-9-13/h12-15H,2-11H2,1H3. The second kappa shape index (κ2) is 6.61. The normalized spacial score (nSPS) is 30.6. The predicted molar refractivity (Wildman–Crippen MR) is 67.6 cm³/mol. The van der Waals surface area contributed by atoms with Gasteiger partial charge in [-0.1, -0.05) is 26.2 Å². The van der Waals surface area contributed by atoms with E-state index in [-0.39, 0.29) is 0 Å². The fourth-order valence-electron chi connectivity index (χ4n) is 2.76. The number of nitrogens with one attached hydrogen (secondary N) is 1. The lowest BCUT2D eigenvalue weighted by atomic mass is 9.85. The molecule has 0 saturated heterocycles. The predicted octanol–water partition coefficient (Wildman–Crippen LogP) is 3.11. The van der Waals surface area contributed by atoms with Crippen molar-refractivity contribution < 1.29 is 4.74 Å². The van der Waals surface area contributed by atoms with Crippen LogP contribution in [0.2, 0.25) is 0 Å². The lowest BCUT2D eigenvalue weighted by molar-refractivity contribution is -0.0127. The molecule has 0 aromatic carbocycles. The quantitative estimate of drug-likeness (QED) is 0.672. The zero-order chi connectivity index (χ0) is 11.2. The Labute approximate surface area is 100 Å². The molecule has 2 nitrogen and oxygen atoms in total. The third-order valence-corrected chi connectivity index (χ3v) is 4.03. The van der Waals surface area contributed by atoms with Gasteiger partial charge in [0.2, 0.25) is 0 Å². The van der Waals surface area contributed by atoms with Crippen LogP contribution in [0.3, 0.4) is 0 Å². The molecule has 0 radical (unpaired) electrons. The Bertz CT molecular complexity index is 191. The van der Waals surface area contributed by atoms with E-state index >= 15 is 0 Å². The fourth-order valence-corrected chi connectivity index (χ4v) is 2.76. The third kappa shape index (κ3) is 4.06. The molecule has 0 spiro atoms. The lowest BCUT2D eigenvalue weighted by Gasteiger charge is -2.30. The van der Waals surface area contributed by atoms with Gasteiger partial charge < -0.3 is 10.1 Å². The first-order valence-electron chi connectivity index (χ1n) is 7.25. The van der Waals surface area contributed by atoms with Crippen molar-refractivity contribution in [2.75, 3.05) is 13.2 Å². The van der Waals surface area contributed by atoms with Crippen LogP contribution in [0.4, 0.5) is 0 Å². The molecule has 0 bridgehead atoms. The molecule has 2 saturated carbocycles. The van der Waals surface area contributed by atoms with Crippen LogP contribution in [-0.2, 0) is 4.74 Å². The average molecular weight is 225 g/mol. The Balaban J connectivity index is 1.52. The first kappa shape index (κ1) is 12.4. The van der Waals surface area contributed by atoms with Crippen molar-refractivity contribution in [3.63, 3.8) is 0 Å². The second-order valence-corrected chi connectivity index (χ2v) is 5.44. The molecule has 0 heterocycles. The van der Waals surface area contributed by atoms with Crippen LogP contribution in [0, 0.1) is 5.92 Å². The molecule has 16 heavy (non-hydrogen) atoms. The van der Waals surface area contributed by atoms with Crippen LogP contribution >= 0.6 is 0 Å². The summed E-state index contributed by atoms with van der Waals surface area (Å²) in [6, 6.07) is 0.845. The molecule has 2 unspecified atom stereocenters. The van der Waals surface area contributed by atoms with E-state index < -0.39 is 0 Å². The van der Waals surface area contributed by atoms with Crippen LogP contribution in [0.25, 0.3) is 0 Å². The van der Waals surface area contributed by atoms with Crippen molar-refractivity contribution in [3.8, 4) is 0 Å². The zero-order valence-electron chi connectivity index (χ0n) is 10.7. The van der Waals surface area contributed by atoms with E-state index in [1.807, 2.05) is 0 Å². The van der Waals surface area contributed by atoms with Gasteiger partial charge >= 0.3 is 0 Å². The van der Waals surface area contributed by atoms with Gasteiger partial charge in [-0.15, -0.1) is 0 Å². The molecule has 2 aliphatic rings. The minimum Gasteiger partial charge on any atom is -0.378 e. The number of ether oxygens (including phenoxy) is 1. The summed E-state index contributed by atoms with van der Waals surface area (Å²) < 4.78 is 6.05. The third-order valence-electron chi connectivity index (χ3n) is 4.03. The minimum atomic E-state index is 0.569. The molecule has 0 aromatic rings. The van der Waals surface area contributed by atoms with Gasteiger partial charge in [-0.25, -0.2) is 0 Å². The zero-order valence-corrected chi connectivity index (χ0v) is 10.7. The molecule has 0 aromatic heterocycles. The molecule has 2 aliphatic carbocycles. The molecule has 94 valence electrons. The Kier molecular flexibility index (Phi) is 5.11. The van der Waals surface area contributed by atoms with Gasteiger partial charge in [-0.3, -0.25) is 0 Å². The van der Waals surface area contributed by atoms with Gasteiger partial charge in [-0.05, 0) is 44.6 Å². The lowest BCUT2D eigenvalue weighted by Crippen LogP contribution is -2.28. The highest BCUT2D eigenvalue weighted by molar-refractivity contribution is 4.80. The van der Waals surface area contributed by atoms with Gasteiger partial charge in [0.25, 0.3) is 0 Å². The van der Waals surface area contributed by atoms with Crippen molar-refractivity contribution in [1.82, 2.24) is 5.32 Å².